The second-order valence-corrected chi connectivity index (χ2v) is 7.92. The molecule has 0 amide bonds. The summed E-state index contributed by atoms with van der Waals surface area (Å²) in [5.74, 6) is -0.949. The van der Waals surface area contributed by atoms with Crippen LogP contribution in [0.1, 0.15) is 15.9 Å². The summed E-state index contributed by atoms with van der Waals surface area (Å²) in [4.78, 5) is 21.6. The molecule has 3 N–H and O–H groups in total. The molecule has 0 saturated carbocycles. The van der Waals surface area contributed by atoms with Crippen LogP contribution in [-0.4, -0.2) is 81.5 Å². The highest BCUT2D eigenvalue weighted by molar-refractivity contribution is 6.05. The maximum atomic E-state index is 12.4. The molecule has 1 atom stereocenters. The SMILES string of the molecule is O=C(O)c1c(CN2CCN(C[C@@H](O)CO)CC2)c(-c2ccccc2)nc2ccccc12. The molecule has 0 radical (unpaired) electrons. The first-order valence-corrected chi connectivity index (χ1v) is 10.5. The number of pyridine rings is 1. The lowest BCUT2D eigenvalue weighted by molar-refractivity contribution is 0.0382. The molecule has 1 saturated heterocycles. The number of piperazine rings is 1. The summed E-state index contributed by atoms with van der Waals surface area (Å²) in [6.45, 7) is 3.68. The van der Waals surface area contributed by atoms with Crippen LogP contribution >= 0.6 is 0 Å². The molecule has 4 rings (SSSR count). The largest absolute Gasteiger partial charge is 0.478 e. The molecule has 1 aliphatic rings. The van der Waals surface area contributed by atoms with Crippen molar-refractivity contribution >= 4 is 16.9 Å². The van der Waals surface area contributed by atoms with Gasteiger partial charge in [0.25, 0.3) is 0 Å². The summed E-state index contributed by atoms with van der Waals surface area (Å²) in [5, 5.41) is 29.5. The first-order chi connectivity index (χ1) is 15.1. The summed E-state index contributed by atoms with van der Waals surface area (Å²) in [5.41, 5.74) is 3.31. The maximum Gasteiger partial charge on any atom is 0.336 e. The van der Waals surface area contributed by atoms with Crippen molar-refractivity contribution in [1.29, 1.82) is 0 Å². The van der Waals surface area contributed by atoms with Crippen LogP contribution in [0, 0.1) is 0 Å². The molecular weight excluding hydrogens is 394 g/mol. The molecule has 2 aromatic carbocycles. The first kappa shape index (κ1) is 21.4. The van der Waals surface area contributed by atoms with Gasteiger partial charge in [-0.15, -0.1) is 0 Å². The van der Waals surface area contributed by atoms with E-state index in [1.807, 2.05) is 54.6 Å². The number of aromatic carboxylic acids is 1. The van der Waals surface area contributed by atoms with E-state index in [9.17, 15) is 15.0 Å². The van der Waals surface area contributed by atoms with Crippen LogP contribution in [0.2, 0.25) is 0 Å². The Balaban J connectivity index is 1.69. The Labute approximate surface area is 181 Å². The maximum absolute atomic E-state index is 12.4. The van der Waals surface area contributed by atoms with Crippen molar-refractivity contribution in [2.75, 3.05) is 39.3 Å². The number of hydrogen-bond donors (Lipinski definition) is 3. The fourth-order valence-corrected chi connectivity index (χ4v) is 4.19. The van der Waals surface area contributed by atoms with E-state index in [0.29, 0.717) is 35.2 Å². The van der Waals surface area contributed by atoms with Crippen LogP contribution in [0.15, 0.2) is 54.6 Å². The molecule has 1 aliphatic heterocycles. The molecule has 0 bridgehead atoms. The highest BCUT2D eigenvalue weighted by atomic mass is 16.4. The number of carboxylic acid groups (broad SMARTS) is 1. The number of nitrogens with zero attached hydrogens (tertiary/aromatic N) is 3. The smallest absolute Gasteiger partial charge is 0.336 e. The normalized spacial score (nSPS) is 16.5. The zero-order valence-corrected chi connectivity index (χ0v) is 17.3. The number of aromatic nitrogens is 1. The number of carbonyl (C=O) groups is 1. The van der Waals surface area contributed by atoms with E-state index in [0.717, 1.165) is 37.3 Å². The summed E-state index contributed by atoms with van der Waals surface area (Å²) in [6, 6.07) is 17.1. The van der Waals surface area contributed by atoms with Gasteiger partial charge in [0.05, 0.1) is 29.5 Å². The summed E-state index contributed by atoms with van der Waals surface area (Å²) in [7, 11) is 0. The molecule has 0 aliphatic carbocycles. The van der Waals surface area contributed by atoms with Gasteiger partial charge in [-0.2, -0.15) is 0 Å². The molecule has 0 spiro atoms. The van der Waals surface area contributed by atoms with Crippen LogP contribution in [0.4, 0.5) is 0 Å². The predicted molar refractivity (Wildman–Crippen MR) is 119 cm³/mol. The number of carboxylic acids is 1. The van der Waals surface area contributed by atoms with Crippen molar-refractivity contribution in [2.45, 2.75) is 12.6 Å². The molecule has 1 fully saturated rings. The minimum Gasteiger partial charge on any atom is -0.478 e. The molecule has 3 aromatic rings. The van der Waals surface area contributed by atoms with Gasteiger partial charge in [0.2, 0.25) is 0 Å². The minimum atomic E-state index is -0.949. The number of rotatable bonds is 7. The Bertz CT molecular complexity index is 1050. The van der Waals surface area contributed by atoms with Gasteiger partial charge in [0.1, 0.15) is 0 Å². The van der Waals surface area contributed by atoms with Crippen molar-refractivity contribution in [3.8, 4) is 11.3 Å². The van der Waals surface area contributed by atoms with Crippen molar-refractivity contribution in [3.05, 3.63) is 65.7 Å². The molecule has 7 nitrogen and oxygen atoms in total. The molecule has 7 heteroatoms. The first-order valence-electron chi connectivity index (χ1n) is 10.5. The van der Waals surface area contributed by atoms with Crippen molar-refractivity contribution in [3.63, 3.8) is 0 Å². The van der Waals surface area contributed by atoms with E-state index in [4.69, 9.17) is 10.1 Å². The number of hydrogen-bond acceptors (Lipinski definition) is 6. The summed E-state index contributed by atoms with van der Waals surface area (Å²) >= 11 is 0. The Morgan fingerprint density at radius 3 is 2.29 bits per heavy atom. The van der Waals surface area contributed by atoms with E-state index in [-0.39, 0.29) is 6.61 Å². The number of aliphatic hydroxyl groups excluding tert-OH is 2. The van der Waals surface area contributed by atoms with Crippen LogP contribution in [-0.2, 0) is 6.54 Å². The van der Waals surface area contributed by atoms with E-state index in [2.05, 4.69) is 9.80 Å². The van der Waals surface area contributed by atoms with Crippen molar-refractivity contribution in [2.24, 2.45) is 0 Å². The fourth-order valence-electron chi connectivity index (χ4n) is 4.19. The number of para-hydroxylation sites is 1. The van der Waals surface area contributed by atoms with Crippen LogP contribution in [0.5, 0.6) is 0 Å². The van der Waals surface area contributed by atoms with E-state index < -0.39 is 12.1 Å². The second kappa shape index (κ2) is 9.53. The Morgan fingerprint density at radius 1 is 0.968 bits per heavy atom. The van der Waals surface area contributed by atoms with Crippen LogP contribution in [0.25, 0.3) is 22.2 Å². The average molecular weight is 421 g/mol. The Morgan fingerprint density at radius 2 is 1.61 bits per heavy atom. The minimum absolute atomic E-state index is 0.245. The third-order valence-electron chi connectivity index (χ3n) is 5.78. The van der Waals surface area contributed by atoms with E-state index >= 15 is 0 Å². The number of β-amino-alcohol motifs (C(OH)–C–C–N with tert-alkyl or cyclic N) is 1. The molecule has 31 heavy (non-hydrogen) atoms. The average Bonchev–Trinajstić information content (AvgIpc) is 2.80. The number of aliphatic hydroxyl groups is 2. The van der Waals surface area contributed by atoms with Crippen LogP contribution in [0.3, 0.4) is 0 Å². The van der Waals surface area contributed by atoms with Gasteiger partial charge in [-0.05, 0) is 6.07 Å². The standard InChI is InChI=1S/C24H27N3O4/c28-16-18(29)14-26-10-12-27(13-11-26)15-20-22(24(30)31)19-8-4-5-9-21(19)25-23(20)17-6-2-1-3-7-17/h1-9,18,28-29H,10-16H2,(H,30,31)/t18-/m1/s1. The van der Waals surface area contributed by atoms with Gasteiger partial charge >= 0.3 is 5.97 Å². The summed E-state index contributed by atoms with van der Waals surface area (Å²) in [6.07, 6.45) is -0.737. The summed E-state index contributed by atoms with van der Waals surface area (Å²) < 4.78 is 0. The van der Waals surface area contributed by atoms with Gasteiger partial charge in [0, 0.05) is 55.8 Å². The van der Waals surface area contributed by atoms with Gasteiger partial charge < -0.3 is 15.3 Å². The third kappa shape index (κ3) is 4.75. The molecular formula is C24H27N3O4. The Hall–Kier alpha value is -2.84. The number of benzene rings is 2. The monoisotopic (exact) mass is 421 g/mol. The zero-order valence-electron chi connectivity index (χ0n) is 17.3. The lowest BCUT2D eigenvalue weighted by Gasteiger charge is -2.36. The van der Waals surface area contributed by atoms with Crippen molar-refractivity contribution in [1.82, 2.24) is 14.8 Å². The second-order valence-electron chi connectivity index (χ2n) is 7.92. The van der Waals surface area contributed by atoms with Gasteiger partial charge in [-0.1, -0.05) is 48.5 Å². The van der Waals surface area contributed by atoms with Gasteiger partial charge in [-0.25, -0.2) is 9.78 Å². The lowest BCUT2D eigenvalue weighted by atomic mass is 9.96. The van der Waals surface area contributed by atoms with E-state index in [1.54, 1.807) is 0 Å². The molecule has 1 aromatic heterocycles. The Kier molecular flexibility index (Phi) is 6.58. The molecule has 0 unspecified atom stereocenters. The molecule has 2 heterocycles. The molecule has 162 valence electrons. The van der Waals surface area contributed by atoms with E-state index in [1.165, 1.54) is 0 Å². The zero-order chi connectivity index (χ0) is 21.8. The topological polar surface area (TPSA) is 97.1 Å². The number of fused-ring (bicyclic) bond motifs is 1. The van der Waals surface area contributed by atoms with Gasteiger partial charge in [-0.3, -0.25) is 9.80 Å². The third-order valence-corrected chi connectivity index (χ3v) is 5.78. The predicted octanol–water partition coefficient (Wildman–Crippen LogP) is 2.07. The van der Waals surface area contributed by atoms with Crippen LogP contribution < -0.4 is 0 Å². The van der Waals surface area contributed by atoms with Crippen molar-refractivity contribution < 1.29 is 20.1 Å². The fraction of sp³-hybridized carbons (Fsp3) is 0.333. The highest BCUT2D eigenvalue weighted by Gasteiger charge is 2.25. The van der Waals surface area contributed by atoms with Gasteiger partial charge in [0.15, 0.2) is 0 Å². The quantitative estimate of drug-likeness (QED) is 0.537. The highest BCUT2D eigenvalue weighted by Crippen LogP contribution is 2.31. The lowest BCUT2D eigenvalue weighted by Crippen LogP contribution is -2.48.